The average molecular weight is 198 g/mol. The van der Waals surface area contributed by atoms with Gasteiger partial charge in [0.05, 0.1) is 24.7 Å². The number of carbonyl (C=O) groups is 1. The third-order valence-corrected chi connectivity index (χ3v) is 2.27. The number of piperidine rings is 1. The Labute approximate surface area is 82.9 Å². The molecule has 0 radical (unpaired) electrons. The van der Waals surface area contributed by atoms with Crippen molar-refractivity contribution in [2.45, 2.75) is 19.4 Å². The standard InChI is InChI=1S/C9H14N2O3/c1-2-14-9(13)11-4-3-8(12)7(5-10)6-11/h7-8,12H,2-4,6H2,1H3. The largest absolute Gasteiger partial charge is 0.450 e. The summed E-state index contributed by atoms with van der Waals surface area (Å²) < 4.78 is 4.81. The molecule has 1 amide bonds. The third kappa shape index (κ3) is 2.36. The summed E-state index contributed by atoms with van der Waals surface area (Å²) in [6.07, 6.45) is -0.581. The third-order valence-electron chi connectivity index (χ3n) is 2.27. The highest BCUT2D eigenvalue weighted by molar-refractivity contribution is 5.67. The van der Waals surface area contributed by atoms with Gasteiger partial charge >= 0.3 is 6.09 Å². The maximum absolute atomic E-state index is 11.3. The SMILES string of the molecule is CCOC(=O)N1CCC(O)C(C#N)C1. The van der Waals surface area contributed by atoms with Crippen LogP contribution in [0, 0.1) is 17.2 Å². The first-order chi connectivity index (χ1) is 6.69. The number of carbonyl (C=O) groups excluding carboxylic acids is 1. The van der Waals surface area contributed by atoms with E-state index >= 15 is 0 Å². The highest BCUT2D eigenvalue weighted by Crippen LogP contribution is 2.16. The van der Waals surface area contributed by atoms with E-state index in [0.29, 0.717) is 19.6 Å². The van der Waals surface area contributed by atoms with Crippen LogP contribution in [0.4, 0.5) is 4.79 Å². The van der Waals surface area contributed by atoms with Crippen molar-refractivity contribution in [1.29, 1.82) is 5.26 Å². The Bertz CT molecular complexity index is 249. The molecule has 1 fully saturated rings. The topological polar surface area (TPSA) is 73.6 Å². The number of aliphatic hydroxyl groups is 1. The number of amides is 1. The highest BCUT2D eigenvalue weighted by atomic mass is 16.6. The van der Waals surface area contributed by atoms with Crippen molar-refractivity contribution in [3.8, 4) is 6.07 Å². The van der Waals surface area contributed by atoms with Crippen LogP contribution < -0.4 is 0 Å². The van der Waals surface area contributed by atoms with E-state index in [2.05, 4.69) is 0 Å². The summed E-state index contributed by atoms with van der Waals surface area (Å²) in [4.78, 5) is 12.7. The smallest absolute Gasteiger partial charge is 0.409 e. The van der Waals surface area contributed by atoms with Gasteiger partial charge in [-0.1, -0.05) is 0 Å². The Morgan fingerprint density at radius 3 is 3.07 bits per heavy atom. The van der Waals surface area contributed by atoms with Crippen LogP contribution in [0.3, 0.4) is 0 Å². The van der Waals surface area contributed by atoms with E-state index in [0.717, 1.165) is 0 Å². The van der Waals surface area contributed by atoms with Gasteiger partial charge < -0.3 is 14.7 Å². The molecule has 0 bridgehead atoms. The molecule has 0 aliphatic carbocycles. The zero-order chi connectivity index (χ0) is 10.6. The molecular formula is C9H14N2O3. The number of likely N-dealkylation sites (tertiary alicyclic amines) is 1. The molecule has 0 spiro atoms. The van der Waals surface area contributed by atoms with Crippen molar-refractivity contribution < 1.29 is 14.6 Å². The first-order valence-corrected chi connectivity index (χ1v) is 4.68. The molecule has 0 aromatic rings. The van der Waals surface area contributed by atoms with Crippen molar-refractivity contribution >= 4 is 6.09 Å². The summed E-state index contributed by atoms with van der Waals surface area (Å²) in [6, 6.07) is 1.98. The van der Waals surface area contributed by atoms with Crippen LogP contribution in [0.5, 0.6) is 0 Å². The molecule has 1 aliphatic heterocycles. The van der Waals surface area contributed by atoms with E-state index < -0.39 is 18.1 Å². The Hall–Kier alpha value is -1.28. The molecule has 1 aliphatic rings. The lowest BCUT2D eigenvalue weighted by Crippen LogP contribution is -2.45. The zero-order valence-electron chi connectivity index (χ0n) is 8.14. The molecule has 0 saturated carbocycles. The summed E-state index contributed by atoms with van der Waals surface area (Å²) in [7, 11) is 0. The van der Waals surface area contributed by atoms with E-state index in [1.165, 1.54) is 4.90 Å². The van der Waals surface area contributed by atoms with Gasteiger partial charge in [0.1, 0.15) is 0 Å². The number of nitrogens with zero attached hydrogens (tertiary/aromatic N) is 2. The number of rotatable bonds is 1. The van der Waals surface area contributed by atoms with Gasteiger partial charge in [-0.3, -0.25) is 0 Å². The van der Waals surface area contributed by atoms with Crippen LogP contribution in [0.2, 0.25) is 0 Å². The fraction of sp³-hybridized carbons (Fsp3) is 0.778. The molecule has 2 unspecified atom stereocenters. The minimum Gasteiger partial charge on any atom is -0.450 e. The number of ether oxygens (including phenoxy) is 1. The van der Waals surface area contributed by atoms with Crippen LogP contribution >= 0.6 is 0 Å². The lowest BCUT2D eigenvalue weighted by atomic mass is 9.97. The monoisotopic (exact) mass is 198 g/mol. The van der Waals surface area contributed by atoms with Crippen LogP contribution in [-0.4, -0.2) is 41.9 Å². The number of nitriles is 1. The molecule has 1 heterocycles. The molecule has 5 heteroatoms. The van der Waals surface area contributed by atoms with E-state index in [9.17, 15) is 9.90 Å². The molecule has 2 atom stereocenters. The van der Waals surface area contributed by atoms with Gasteiger partial charge in [0.15, 0.2) is 0 Å². The summed E-state index contributed by atoms with van der Waals surface area (Å²) in [5.41, 5.74) is 0. The van der Waals surface area contributed by atoms with Crippen LogP contribution in [-0.2, 0) is 4.74 Å². The van der Waals surface area contributed by atoms with Crippen molar-refractivity contribution in [3.05, 3.63) is 0 Å². The summed E-state index contributed by atoms with van der Waals surface area (Å²) in [5, 5.41) is 18.1. The predicted molar refractivity (Wildman–Crippen MR) is 48.3 cm³/mol. The molecular weight excluding hydrogens is 184 g/mol. The second-order valence-electron chi connectivity index (χ2n) is 3.24. The maximum Gasteiger partial charge on any atom is 0.409 e. The Balaban J connectivity index is 2.51. The second kappa shape index (κ2) is 4.82. The number of aliphatic hydroxyl groups excluding tert-OH is 1. The highest BCUT2D eigenvalue weighted by Gasteiger charge is 2.30. The molecule has 1 N–H and O–H groups in total. The van der Waals surface area contributed by atoms with Crippen molar-refractivity contribution in [3.63, 3.8) is 0 Å². The number of hydrogen-bond acceptors (Lipinski definition) is 4. The van der Waals surface area contributed by atoms with Crippen LogP contribution in [0.1, 0.15) is 13.3 Å². The minimum absolute atomic E-state index is 0.260. The minimum atomic E-state index is -0.620. The Kier molecular flexibility index (Phi) is 3.72. The van der Waals surface area contributed by atoms with Gasteiger partial charge in [-0.2, -0.15) is 5.26 Å². The van der Waals surface area contributed by atoms with Crippen LogP contribution in [0.15, 0.2) is 0 Å². The Morgan fingerprint density at radius 1 is 1.79 bits per heavy atom. The molecule has 0 aromatic heterocycles. The van der Waals surface area contributed by atoms with E-state index in [4.69, 9.17) is 10.00 Å². The van der Waals surface area contributed by atoms with Gasteiger partial charge in [-0.05, 0) is 13.3 Å². The lowest BCUT2D eigenvalue weighted by Gasteiger charge is -2.31. The first-order valence-electron chi connectivity index (χ1n) is 4.68. The van der Waals surface area contributed by atoms with Crippen molar-refractivity contribution in [2.24, 2.45) is 5.92 Å². The molecule has 0 aromatic carbocycles. The van der Waals surface area contributed by atoms with E-state index in [1.54, 1.807) is 6.92 Å². The lowest BCUT2D eigenvalue weighted by molar-refractivity contribution is 0.0397. The molecule has 1 rings (SSSR count). The Morgan fingerprint density at radius 2 is 2.50 bits per heavy atom. The molecule has 5 nitrogen and oxygen atoms in total. The van der Waals surface area contributed by atoms with Gasteiger partial charge in [-0.15, -0.1) is 0 Å². The quantitative estimate of drug-likeness (QED) is 0.659. The van der Waals surface area contributed by atoms with Gasteiger partial charge in [-0.25, -0.2) is 4.79 Å². The predicted octanol–water partition coefficient (Wildman–Crippen LogP) is 0.349. The molecule has 14 heavy (non-hydrogen) atoms. The van der Waals surface area contributed by atoms with Crippen molar-refractivity contribution in [2.75, 3.05) is 19.7 Å². The van der Waals surface area contributed by atoms with Gasteiger partial charge in [0.2, 0.25) is 0 Å². The second-order valence-corrected chi connectivity index (χ2v) is 3.24. The van der Waals surface area contributed by atoms with Gasteiger partial charge in [0, 0.05) is 13.1 Å². The fourth-order valence-corrected chi connectivity index (χ4v) is 1.45. The summed E-state index contributed by atoms with van der Waals surface area (Å²) in [5.74, 6) is -0.492. The molecule has 78 valence electrons. The molecule has 1 saturated heterocycles. The van der Waals surface area contributed by atoms with E-state index in [-0.39, 0.29) is 6.54 Å². The van der Waals surface area contributed by atoms with Crippen LogP contribution in [0.25, 0.3) is 0 Å². The summed E-state index contributed by atoms with van der Waals surface area (Å²) >= 11 is 0. The first kappa shape index (κ1) is 10.8. The van der Waals surface area contributed by atoms with E-state index in [1.807, 2.05) is 6.07 Å². The van der Waals surface area contributed by atoms with Gasteiger partial charge in [0.25, 0.3) is 0 Å². The van der Waals surface area contributed by atoms with Crippen molar-refractivity contribution in [1.82, 2.24) is 4.90 Å². The average Bonchev–Trinajstić information content (AvgIpc) is 2.19. The summed E-state index contributed by atoms with van der Waals surface area (Å²) in [6.45, 7) is 2.78. The fourth-order valence-electron chi connectivity index (χ4n) is 1.45. The number of hydrogen-bond donors (Lipinski definition) is 1. The normalized spacial score (nSPS) is 26.8. The maximum atomic E-state index is 11.3. The zero-order valence-corrected chi connectivity index (χ0v) is 8.14.